The number of hydrogen-bond acceptors (Lipinski definition) is 4. The van der Waals surface area contributed by atoms with E-state index in [1.165, 1.54) is 6.21 Å². The molecule has 1 aliphatic rings. The highest BCUT2D eigenvalue weighted by Crippen LogP contribution is 2.18. The lowest BCUT2D eigenvalue weighted by Gasteiger charge is -2.06. The first-order chi connectivity index (χ1) is 5.75. The number of aryl methyl sites for hydroxylation is 1. The molecule has 0 unspecified atom stereocenters. The van der Waals surface area contributed by atoms with Crippen molar-refractivity contribution in [2.24, 2.45) is 4.99 Å². The lowest BCUT2D eigenvalue weighted by atomic mass is 10.1. The molecule has 4 nitrogen and oxygen atoms in total. The van der Waals surface area contributed by atoms with Crippen LogP contribution < -0.4 is 0 Å². The number of carbonyl (C=O) groups excluding carboxylic acids is 1. The molecular weight excluding hydrogens is 154 g/mol. The van der Waals surface area contributed by atoms with Crippen LogP contribution >= 0.6 is 0 Å². The Kier molecular flexibility index (Phi) is 1.46. The summed E-state index contributed by atoms with van der Waals surface area (Å²) in [4.78, 5) is 22.9. The Morgan fingerprint density at radius 2 is 2.33 bits per heavy atom. The summed E-state index contributed by atoms with van der Waals surface area (Å²) in [5, 5.41) is 0. The molecule has 0 N–H and O–H groups in total. The highest BCUT2D eigenvalue weighted by Gasteiger charge is 2.12. The standard InChI is InChI=1S/C8H7N3O/c1-5-9-4-8-7(11-5)2-6(12)3-10-8/h3-4H,2H2,1H3. The highest BCUT2D eigenvalue weighted by atomic mass is 16.1. The summed E-state index contributed by atoms with van der Waals surface area (Å²) in [6.07, 6.45) is 3.31. The third-order valence-electron chi connectivity index (χ3n) is 1.66. The molecule has 2 rings (SSSR count). The molecule has 0 radical (unpaired) electrons. The van der Waals surface area contributed by atoms with Gasteiger partial charge < -0.3 is 0 Å². The molecule has 1 aliphatic heterocycles. The fraction of sp³-hybridized carbons (Fsp3) is 0.250. The van der Waals surface area contributed by atoms with Crippen molar-refractivity contribution in [3.63, 3.8) is 0 Å². The van der Waals surface area contributed by atoms with E-state index in [1.807, 2.05) is 0 Å². The van der Waals surface area contributed by atoms with E-state index >= 15 is 0 Å². The normalized spacial score (nSPS) is 14.6. The highest BCUT2D eigenvalue weighted by molar-refractivity contribution is 6.29. The molecule has 1 aromatic heterocycles. The maximum Gasteiger partial charge on any atom is 0.179 e. The van der Waals surface area contributed by atoms with Crippen LogP contribution in [-0.4, -0.2) is 22.0 Å². The first kappa shape index (κ1) is 7.09. The molecule has 0 fully saturated rings. The quantitative estimate of drug-likeness (QED) is 0.560. The summed E-state index contributed by atoms with van der Waals surface area (Å²) >= 11 is 0. The summed E-state index contributed by atoms with van der Waals surface area (Å²) in [6, 6.07) is 0. The number of hydrogen-bond donors (Lipinski definition) is 0. The topological polar surface area (TPSA) is 55.2 Å². The van der Waals surface area contributed by atoms with E-state index in [2.05, 4.69) is 15.0 Å². The molecule has 0 atom stereocenters. The molecule has 0 aliphatic carbocycles. The minimum Gasteiger partial charge on any atom is -0.293 e. The molecule has 60 valence electrons. The lowest BCUT2D eigenvalue weighted by Crippen LogP contribution is -2.10. The van der Waals surface area contributed by atoms with Crippen molar-refractivity contribution in [2.75, 3.05) is 0 Å². The van der Waals surface area contributed by atoms with Crippen molar-refractivity contribution in [1.82, 2.24) is 9.97 Å². The lowest BCUT2D eigenvalue weighted by molar-refractivity contribution is -0.112. The molecule has 2 heterocycles. The Morgan fingerprint density at radius 1 is 1.50 bits per heavy atom. The largest absolute Gasteiger partial charge is 0.293 e. The van der Waals surface area contributed by atoms with Gasteiger partial charge in [0.1, 0.15) is 11.5 Å². The Labute approximate surface area is 69.4 Å². The van der Waals surface area contributed by atoms with Crippen LogP contribution in [0.15, 0.2) is 11.2 Å². The van der Waals surface area contributed by atoms with Crippen LogP contribution in [0.4, 0.5) is 5.69 Å². The van der Waals surface area contributed by atoms with Crippen LogP contribution in [0.1, 0.15) is 11.5 Å². The molecule has 0 amide bonds. The molecule has 0 saturated heterocycles. The van der Waals surface area contributed by atoms with Crippen molar-refractivity contribution in [2.45, 2.75) is 13.3 Å². The van der Waals surface area contributed by atoms with E-state index in [-0.39, 0.29) is 5.78 Å². The van der Waals surface area contributed by atoms with Gasteiger partial charge in [-0.25, -0.2) is 15.0 Å². The van der Waals surface area contributed by atoms with Crippen LogP contribution in [-0.2, 0) is 11.2 Å². The second-order valence-corrected chi connectivity index (χ2v) is 2.65. The Balaban J connectivity index is 2.54. The van der Waals surface area contributed by atoms with Crippen LogP contribution in [0.3, 0.4) is 0 Å². The zero-order valence-corrected chi connectivity index (χ0v) is 6.61. The number of Topliss-reactive ketones (excluding diaryl/α,β-unsaturated/α-hetero) is 1. The predicted octanol–water partition coefficient (Wildman–Crippen LogP) is 0.613. The van der Waals surface area contributed by atoms with Gasteiger partial charge in [0.15, 0.2) is 5.78 Å². The second kappa shape index (κ2) is 2.48. The summed E-state index contributed by atoms with van der Waals surface area (Å²) in [5.41, 5.74) is 1.44. The summed E-state index contributed by atoms with van der Waals surface area (Å²) < 4.78 is 0. The van der Waals surface area contributed by atoms with Crippen LogP contribution in [0.25, 0.3) is 0 Å². The average molecular weight is 161 g/mol. The second-order valence-electron chi connectivity index (χ2n) is 2.65. The van der Waals surface area contributed by atoms with E-state index in [4.69, 9.17) is 0 Å². The van der Waals surface area contributed by atoms with Crippen LogP contribution in [0, 0.1) is 6.92 Å². The number of nitrogens with zero attached hydrogens (tertiary/aromatic N) is 3. The molecule has 0 spiro atoms. The third-order valence-corrected chi connectivity index (χ3v) is 1.66. The van der Waals surface area contributed by atoms with Gasteiger partial charge in [0.25, 0.3) is 0 Å². The van der Waals surface area contributed by atoms with E-state index in [9.17, 15) is 4.79 Å². The number of fused-ring (bicyclic) bond motifs is 1. The van der Waals surface area contributed by atoms with Gasteiger partial charge in [0.2, 0.25) is 0 Å². The molecule has 12 heavy (non-hydrogen) atoms. The number of carbonyl (C=O) groups is 1. The number of rotatable bonds is 0. The number of aliphatic imine (C=N–C) groups is 1. The Hall–Kier alpha value is -1.58. The predicted molar refractivity (Wildman–Crippen MR) is 43.6 cm³/mol. The minimum absolute atomic E-state index is 0.000556. The third kappa shape index (κ3) is 1.11. The minimum atomic E-state index is 0.000556. The molecule has 0 bridgehead atoms. The number of ketones is 1. The fourth-order valence-electron chi connectivity index (χ4n) is 1.10. The molecule has 0 aromatic carbocycles. The first-order valence-electron chi connectivity index (χ1n) is 3.65. The van der Waals surface area contributed by atoms with E-state index in [1.54, 1.807) is 13.1 Å². The Morgan fingerprint density at radius 3 is 3.17 bits per heavy atom. The summed E-state index contributed by atoms with van der Waals surface area (Å²) in [7, 11) is 0. The summed E-state index contributed by atoms with van der Waals surface area (Å²) in [5.74, 6) is 0.680. The molecular formula is C8H7N3O. The fourth-order valence-corrected chi connectivity index (χ4v) is 1.10. The Bertz CT molecular complexity index is 371. The zero-order chi connectivity index (χ0) is 8.55. The summed E-state index contributed by atoms with van der Waals surface area (Å²) in [6.45, 7) is 1.79. The average Bonchev–Trinajstić information content (AvgIpc) is 2.03. The van der Waals surface area contributed by atoms with Gasteiger partial charge in [-0.1, -0.05) is 0 Å². The monoisotopic (exact) mass is 161 g/mol. The number of aromatic nitrogens is 2. The molecule has 4 heteroatoms. The van der Waals surface area contributed by atoms with Crippen LogP contribution in [0.5, 0.6) is 0 Å². The molecule has 1 aromatic rings. The van der Waals surface area contributed by atoms with Gasteiger partial charge in [0.05, 0.1) is 24.5 Å². The van der Waals surface area contributed by atoms with Gasteiger partial charge in [-0.3, -0.25) is 4.79 Å². The van der Waals surface area contributed by atoms with Gasteiger partial charge in [-0.05, 0) is 6.92 Å². The van der Waals surface area contributed by atoms with E-state index < -0.39 is 0 Å². The van der Waals surface area contributed by atoms with Gasteiger partial charge in [-0.2, -0.15) is 0 Å². The maximum atomic E-state index is 10.9. The van der Waals surface area contributed by atoms with Crippen molar-refractivity contribution < 1.29 is 4.79 Å². The van der Waals surface area contributed by atoms with E-state index in [0.29, 0.717) is 17.9 Å². The van der Waals surface area contributed by atoms with Gasteiger partial charge in [0, 0.05) is 0 Å². The van der Waals surface area contributed by atoms with Crippen LogP contribution in [0.2, 0.25) is 0 Å². The first-order valence-corrected chi connectivity index (χ1v) is 3.65. The SMILES string of the molecule is Cc1ncc2c(n1)CC(=O)C=N2. The molecule has 0 saturated carbocycles. The van der Waals surface area contributed by atoms with Crippen molar-refractivity contribution >= 4 is 17.7 Å². The van der Waals surface area contributed by atoms with Crippen molar-refractivity contribution in [3.8, 4) is 0 Å². The van der Waals surface area contributed by atoms with Gasteiger partial charge >= 0.3 is 0 Å². The van der Waals surface area contributed by atoms with Crippen molar-refractivity contribution in [3.05, 3.63) is 17.7 Å². The zero-order valence-electron chi connectivity index (χ0n) is 6.61. The van der Waals surface area contributed by atoms with Crippen molar-refractivity contribution in [1.29, 1.82) is 0 Å². The maximum absolute atomic E-state index is 10.9. The van der Waals surface area contributed by atoms with E-state index in [0.717, 1.165) is 5.69 Å². The van der Waals surface area contributed by atoms with Gasteiger partial charge in [-0.15, -0.1) is 0 Å². The smallest absolute Gasteiger partial charge is 0.179 e.